The Morgan fingerprint density at radius 3 is 2.90 bits per heavy atom. The standard InChI is InChI=1S/C14H13N3O3/c18-14(17-16-9-11-2-1-5-15-11)10-3-4-12-13(8-10)20-7-6-19-12/h1-5,8-9,15H,6-7H2,(H,17,18)/b16-9+. The molecular weight excluding hydrogens is 258 g/mol. The van der Waals surface area contributed by atoms with Gasteiger partial charge in [0.05, 0.1) is 11.9 Å². The van der Waals surface area contributed by atoms with Crippen molar-refractivity contribution in [3.63, 3.8) is 0 Å². The molecule has 102 valence electrons. The van der Waals surface area contributed by atoms with Crippen molar-refractivity contribution < 1.29 is 14.3 Å². The molecule has 1 aliphatic rings. The van der Waals surface area contributed by atoms with Gasteiger partial charge in [-0.15, -0.1) is 0 Å². The molecule has 6 heteroatoms. The number of aromatic nitrogens is 1. The monoisotopic (exact) mass is 271 g/mol. The molecule has 0 saturated carbocycles. The first-order valence-corrected chi connectivity index (χ1v) is 6.19. The Bertz CT molecular complexity index is 635. The second-order valence-corrected chi connectivity index (χ2v) is 4.18. The van der Waals surface area contributed by atoms with E-state index in [9.17, 15) is 4.79 Å². The second-order valence-electron chi connectivity index (χ2n) is 4.18. The lowest BCUT2D eigenvalue weighted by atomic mass is 10.2. The van der Waals surface area contributed by atoms with Crippen LogP contribution in [-0.4, -0.2) is 30.3 Å². The third kappa shape index (κ3) is 2.64. The molecule has 2 heterocycles. The lowest BCUT2D eigenvalue weighted by molar-refractivity contribution is 0.0954. The summed E-state index contributed by atoms with van der Waals surface area (Å²) in [4.78, 5) is 14.9. The van der Waals surface area contributed by atoms with Gasteiger partial charge in [0, 0.05) is 11.8 Å². The molecule has 2 N–H and O–H groups in total. The van der Waals surface area contributed by atoms with E-state index in [1.165, 1.54) is 6.21 Å². The zero-order valence-electron chi connectivity index (χ0n) is 10.6. The van der Waals surface area contributed by atoms with Crippen LogP contribution in [0, 0.1) is 0 Å². The molecule has 0 spiro atoms. The number of ether oxygens (including phenoxy) is 2. The summed E-state index contributed by atoms with van der Waals surface area (Å²) in [6.07, 6.45) is 3.32. The molecule has 0 atom stereocenters. The highest BCUT2D eigenvalue weighted by Gasteiger charge is 2.14. The molecule has 3 rings (SSSR count). The Balaban J connectivity index is 1.68. The molecule has 0 saturated heterocycles. The number of carbonyl (C=O) groups is 1. The summed E-state index contributed by atoms with van der Waals surface area (Å²) in [6, 6.07) is 8.74. The number of nitrogens with zero attached hydrogens (tertiary/aromatic N) is 1. The molecule has 1 aromatic heterocycles. The minimum atomic E-state index is -0.301. The summed E-state index contributed by atoms with van der Waals surface area (Å²) in [5.41, 5.74) is 3.74. The largest absolute Gasteiger partial charge is 0.486 e. The van der Waals surface area contributed by atoms with Crippen molar-refractivity contribution in [3.8, 4) is 11.5 Å². The van der Waals surface area contributed by atoms with Crippen molar-refractivity contribution in [2.24, 2.45) is 5.10 Å². The summed E-state index contributed by atoms with van der Waals surface area (Å²) < 4.78 is 10.8. The summed E-state index contributed by atoms with van der Waals surface area (Å²) >= 11 is 0. The number of hydrogen-bond acceptors (Lipinski definition) is 4. The zero-order valence-corrected chi connectivity index (χ0v) is 10.6. The van der Waals surface area contributed by atoms with Crippen molar-refractivity contribution in [3.05, 3.63) is 47.8 Å². The highest BCUT2D eigenvalue weighted by molar-refractivity contribution is 5.95. The summed E-state index contributed by atoms with van der Waals surface area (Å²) in [7, 11) is 0. The molecule has 1 amide bonds. The molecule has 6 nitrogen and oxygen atoms in total. The maximum absolute atomic E-state index is 11.9. The first-order chi connectivity index (χ1) is 9.83. The van der Waals surface area contributed by atoms with E-state index in [0.29, 0.717) is 30.3 Å². The third-order valence-corrected chi connectivity index (χ3v) is 2.80. The van der Waals surface area contributed by atoms with Gasteiger partial charge in [0.25, 0.3) is 5.91 Å². The predicted octanol–water partition coefficient (Wildman–Crippen LogP) is 1.55. The maximum Gasteiger partial charge on any atom is 0.271 e. The number of H-pyrrole nitrogens is 1. The summed E-state index contributed by atoms with van der Waals surface area (Å²) in [5, 5.41) is 3.87. The number of carbonyl (C=O) groups excluding carboxylic acids is 1. The average molecular weight is 271 g/mol. The van der Waals surface area contributed by atoms with Crippen molar-refractivity contribution >= 4 is 12.1 Å². The normalized spacial score (nSPS) is 13.4. The number of aromatic amines is 1. The number of rotatable bonds is 3. The van der Waals surface area contributed by atoms with E-state index in [0.717, 1.165) is 5.69 Å². The molecule has 0 bridgehead atoms. The highest BCUT2D eigenvalue weighted by atomic mass is 16.6. The van der Waals surface area contributed by atoms with E-state index in [4.69, 9.17) is 9.47 Å². The molecular formula is C14H13N3O3. The number of hydrogen-bond donors (Lipinski definition) is 2. The molecule has 0 fully saturated rings. The van der Waals surface area contributed by atoms with Gasteiger partial charge in [0.2, 0.25) is 0 Å². The van der Waals surface area contributed by atoms with Gasteiger partial charge in [-0.05, 0) is 30.3 Å². The van der Waals surface area contributed by atoms with E-state index in [1.54, 1.807) is 24.4 Å². The minimum Gasteiger partial charge on any atom is -0.486 e. The van der Waals surface area contributed by atoms with E-state index >= 15 is 0 Å². The van der Waals surface area contributed by atoms with Gasteiger partial charge < -0.3 is 14.5 Å². The minimum absolute atomic E-state index is 0.301. The van der Waals surface area contributed by atoms with Crippen LogP contribution in [0.5, 0.6) is 11.5 Å². The topological polar surface area (TPSA) is 75.7 Å². The summed E-state index contributed by atoms with van der Waals surface area (Å²) in [5.74, 6) is 0.935. The molecule has 0 unspecified atom stereocenters. The first-order valence-electron chi connectivity index (χ1n) is 6.19. The molecule has 2 aromatic rings. The summed E-state index contributed by atoms with van der Waals surface area (Å²) in [6.45, 7) is 1.02. The zero-order chi connectivity index (χ0) is 13.8. The second kappa shape index (κ2) is 5.48. The van der Waals surface area contributed by atoms with Gasteiger partial charge in [-0.2, -0.15) is 5.10 Å². The fourth-order valence-corrected chi connectivity index (χ4v) is 1.83. The van der Waals surface area contributed by atoms with Gasteiger partial charge in [0.15, 0.2) is 11.5 Å². The number of fused-ring (bicyclic) bond motifs is 1. The van der Waals surface area contributed by atoms with Crippen LogP contribution < -0.4 is 14.9 Å². The van der Waals surface area contributed by atoms with Gasteiger partial charge >= 0.3 is 0 Å². The Morgan fingerprint density at radius 2 is 2.10 bits per heavy atom. The Kier molecular flexibility index (Phi) is 3.36. The Hall–Kier alpha value is -2.76. The van der Waals surface area contributed by atoms with E-state index in [2.05, 4.69) is 15.5 Å². The smallest absolute Gasteiger partial charge is 0.271 e. The fraction of sp³-hybridized carbons (Fsp3) is 0.143. The van der Waals surface area contributed by atoms with Gasteiger partial charge in [-0.3, -0.25) is 4.79 Å². The van der Waals surface area contributed by atoms with Gasteiger partial charge in [0.1, 0.15) is 13.2 Å². The predicted molar refractivity (Wildman–Crippen MR) is 73.3 cm³/mol. The van der Waals surface area contributed by atoms with Crippen molar-refractivity contribution in [1.29, 1.82) is 0 Å². The van der Waals surface area contributed by atoms with Crippen LogP contribution in [0.1, 0.15) is 16.1 Å². The third-order valence-electron chi connectivity index (χ3n) is 2.80. The van der Waals surface area contributed by atoms with E-state index < -0.39 is 0 Å². The molecule has 0 radical (unpaired) electrons. The van der Waals surface area contributed by atoms with Crippen LogP contribution in [0.2, 0.25) is 0 Å². The van der Waals surface area contributed by atoms with Crippen LogP contribution in [0.25, 0.3) is 0 Å². The number of benzene rings is 1. The number of amides is 1. The molecule has 20 heavy (non-hydrogen) atoms. The van der Waals surface area contributed by atoms with Crippen LogP contribution >= 0.6 is 0 Å². The van der Waals surface area contributed by atoms with Crippen molar-refractivity contribution in [2.45, 2.75) is 0 Å². The Morgan fingerprint density at radius 1 is 1.25 bits per heavy atom. The van der Waals surface area contributed by atoms with Crippen LogP contribution in [0.3, 0.4) is 0 Å². The SMILES string of the molecule is O=C(N/N=C/c1ccc[nH]1)c1ccc2c(c1)OCCO2. The maximum atomic E-state index is 11.9. The van der Waals surface area contributed by atoms with Gasteiger partial charge in [-0.1, -0.05) is 0 Å². The van der Waals surface area contributed by atoms with E-state index in [-0.39, 0.29) is 5.91 Å². The Labute approximate surface area is 115 Å². The number of hydrazone groups is 1. The lowest BCUT2D eigenvalue weighted by Crippen LogP contribution is -2.19. The van der Waals surface area contributed by atoms with E-state index in [1.807, 2.05) is 12.1 Å². The van der Waals surface area contributed by atoms with Crippen molar-refractivity contribution in [2.75, 3.05) is 13.2 Å². The van der Waals surface area contributed by atoms with Crippen LogP contribution in [0.4, 0.5) is 0 Å². The fourth-order valence-electron chi connectivity index (χ4n) is 1.83. The van der Waals surface area contributed by atoms with Crippen molar-refractivity contribution in [1.82, 2.24) is 10.4 Å². The van der Waals surface area contributed by atoms with Crippen LogP contribution in [0.15, 0.2) is 41.6 Å². The highest BCUT2D eigenvalue weighted by Crippen LogP contribution is 2.30. The first kappa shape index (κ1) is 12.3. The molecule has 1 aliphatic heterocycles. The quantitative estimate of drug-likeness (QED) is 0.657. The molecule has 0 aliphatic carbocycles. The van der Waals surface area contributed by atoms with Gasteiger partial charge in [-0.25, -0.2) is 5.43 Å². The number of nitrogens with one attached hydrogen (secondary N) is 2. The average Bonchev–Trinajstić information content (AvgIpc) is 3.00. The molecule has 1 aromatic carbocycles. The van der Waals surface area contributed by atoms with Crippen LogP contribution in [-0.2, 0) is 0 Å². The lowest BCUT2D eigenvalue weighted by Gasteiger charge is -2.18.